The van der Waals surface area contributed by atoms with Crippen LogP contribution in [0.2, 0.25) is 5.02 Å². The predicted octanol–water partition coefficient (Wildman–Crippen LogP) is 3.84. The van der Waals surface area contributed by atoms with Crippen molar-refractivity contribution in [3.05, 3.63) is 33.6 Å². The van der Waals surface area contributed by atoms with Crippen LogP contribution in [-0.4, -0.2) is 23.1 Å². The third kappa shape index (κ3) is 3.20. The summed E-state index contributed by atoms with van der Waals surface area (Å²) < 4.78 is 29.8. The summed E-state index contributed by atoms with van der Waals surface area (Å²) in [5.41, 5.74) is 0. The molecule has 2 N–H and O–H groups in total. The first-order chi connectivity index (χ1) is 10.8. The zero-order valence-electron chi connectivity index (χ0n) is 12.3. The molecule has 1 saturated carbocycles. The summed E-state index contributed by atoms with van der Waals surface area (Å²) in [6, 6.07) is 3.10. The van der Waals surface area contributed by atoms with E-state index in [-0.39, 0.29) is 15.7 Å². The van der Waals surface area contributed by atoms with Crippen LogP contribution < -0.4 is 4.72 Å². The Kier molecular flexibility index (Phi) is 4.33. The zero-order chi connectivity index (χ0) is 16.8. The molecule has 1 fully saturated rings. The van der Waals surface area contributed by atoms with Crippen LogP contribution in [0.15, 0.2) is 27.7 Å². The lowest BCUT2D eigenvalue weighted by Gasteiger charge is -2.27. The number of benzene rings is 1. The highest BCUT2D eigenvalue weighted by Gasteiger charge is 2.25. The van der Waals surface area contributed by atoms with E-state index in [4.69, 9.17) is 11.6 Å². The second-order valence-electron chi connectivity index (χ2n) is 5.51. The number of phenols is 1. The molecular formula is C14H15BrClN3O3S. The smallest absolute Gasteiger partial charge is 0.266 e. The number of imidazole rings is 1. The second-order valence-corrected chi connectivity index (χ2v) is 8.48. The van der Waals surface area contributed by atoms with Gasteiger partial charge in [-0.25, -0.2) is 13.4 Å². The fourth-order valence-electron chi connectivity index (χ4n) is 2.51. The Morgan fingerprint density at radius 3 is 2.74 bits per heavy atom. The molecular weight excluding hydrogens is 406 g/mol. The summed E-state index contributed by atoms with van der Waals surface area (Å²) in [5.74, 6) is 0.492. The molecule has 1 aromatic heterocycles. The molecule has 0 bridgehead atoms. The minimum atomic E-state index is -4.00. The fourth-order valence-corrected chi connectivity index (χ4v) is 4.66. The van der Waals surface area contributed by atoms with Gasteiger partial charge in [0.2, 0.25) is 0 Å². The van der Waals surface area contributed by atoms with Crippen molar-refractivity contribution in [2.75, 3.05) is 4.72 Å². The molecule has 3 rings (SSSR count). The lowest BCUT2D eigenvalue weighted by atomic mass is 9.93. The topological polar surface area (TPSA) is 84.2 Å². The van der Waals surface area contributed by atoms with E-state index in [0.717, 1.165) is 18.7 Å². The molecule has 0 spiro atoms. The average Bonchev–Trinajstić information content (AvgIpc) is 2.71. The first-order valence-electron chi connectivity index (χ1n) is 7.04. The molecule has 1 aliphatic carbocycles. The Labute approximate surface area is 147 Å². The monoisotopic (exact) mass is 419 g/mol. The van der Waals surface area contributed by atoms with E-state index in [0.29, 0.717) is 10.5 Å². The number of nitrogens with zero attached hydrogens (tertiary/aromatic N) is 2. The standard InChI is InChI=1S/C14H15BrClN3O3S/c1-8-17-13(7-19(8)10-3-2-4-10)18-23(21,22)12-6-9(15)5-11(16)14(12)20/h5-7,10,18,20H,2-4H2,1H3. The van der Waals surface area contributed by atoms with E-state index in [2.05, 4.69) is 25.6 Å². The second kappa shape index (κ2) is 5.99. The Balaban J connectivity index is 1.93. The molecule has 0 atom stereocenters. The molecule has 124 valence electrons. The highest BCUT2D eigenvalue weighted by Crippen LogP contribution is 2.36. The van der Waals surface area contributed by atoms with E-state index in [9.17, 15) is 13.5 Å². The van der Waals surface area contributed by atoms with Crippen LogP contribution in [0, 0.1) is 6.92 Å². The van der Waals surface area contributed by atoms with Gasteiger partial charge in [-0.2, -0.15) is 0 Å². The number of rotatable bonds is 4. The fraction of sp³-hybridized carbons (Fsp3) is 0.357. The van der Waals surface area contributed by atoms with Crippen molar-refractivity contribution in [1.29, 1.82) is 0 Å². The van der Waals surface area contributed by atoms with Crippen LogP contribution in [0.25, 0.3) is 0 Å². The number of aryl methyl sites for hydroxylation is 1. The van der Waals surface area contributed by atoms with Gasteiger partial charge in [-0.1, -0.05) is 27.5 Å². The molecule has 9 heteroatoms. The Morgan fingerprint density at radius 2 is 2.13 bits per heavy atom. The maximum absolute atomic E-state index is 12.5. The molecule has 2 aromatic rings. The number of aromatic nitrogens is 2. The van der Waals surface area contributed by atoms with Crippen LogP contribution >= 0.6 is 27.5 Å². The minimum Gasteiger partial charge on any atom is -0.505 e. The molecule has 0 radical (unpaired) electrons. The van der Waals surface area contributed by atoms with Gasteiger partial charge in [0, 0.05) is 16.7 Å². The molecule has 1 aliphatic rings. The number of phenolic OH excluding ortho intramolecular Hbond substituents is 1. The highest BCUT2D eigenvalue weighted by atomic mass is 79.9. The van der Waals surface area contributed by atoms with Crippen molar-refractivity contribution in [2.45, 2.75) is 37.1 Å². The number of sulfonamides is 1. The maximum atomic E-state index is 12.5. The zero-order valence-corrected chi connectivity index (χ0v) is 15.4. The van der Waals surface area contributed by atoms with E-state index < -0.39 is 15.8 Å². The summed E-state index contributed by atoms with van der Waals surface area (Å²) in [6.07, 6.45) is 5.01. The van der Waals surface area contributed by atoms with E-state index >= 15 is 0 Å². The molecule has 0 unspecified atom stereocenters. The third-order valence-corrected chi connectivity index (χ3v) is 6.02. The van der Waals surface area contributed by atoms with Crippen molar-refractivity contribution in [2.24, 2.45) is 0 Å². The van der Waals surface area contributed by atoms with Gasteiger partial charge in [-0.3, -0.25) is 4.72 Å². The van der Waals surface area contributed by atoms with Crippen molar-refractivity contribution in [3.8, 4) is 5.75 Å². The largest absolute Gasteiger partial charge is 0.505 e. The van der Waals surface area contributed by atoms with Gasteiger partial charge in [0.05, 0.1) is 5.02 Å². The molecule has 0 saturated heterocycles. The summed E-state index contributed by atoms with van der Waals surface area (Å²) in [7, 11) is -4.00. The summed E-state index contributed by atoms with van der Waals surface area (Å²) >= 11 is 9.00. The first kappa shape index (κ1) is 16.6. The molecule has 23 heavy (non-hydrogen) atoms. The van der Waals surface area contributed by atoms with E-state index in [1.807, 2.05) is 11.5 Å². The number of hydrogen-bond donors (Lipinski definition) is 2. The normalized spacial score (nSPS) is 15.4. The van der Waals surface area contributed by atoms with Gasteiger partial charge >= 0.3 is 0 Å². The average molecular weight is 421 g/mol. The number of anilines is 1. The van der Waals surface area contributed by atoms with Crippen molar-refractivity contribution < 1.29 is 13.5 Å². The highest BCUT2D eigenvalue weighted by molar-refractivity contribution is 9.10. The van der Waals surface area contributed by atoms with Gasteiger partial charge in [0.1, 0.15) is 10.7 Å². The number of hydrogen-bond acceptors (Lipinski definition) is 4. The van der Waals surface area contributed by atoms with Gasteiger partial charge < -0.3 is 9.67 Å². The summed E-state index contributed by atoms with van der Waals surface area (Å²) in [4.78, 5) is 3.95. The molecule has 0 aliphatic heterocycles. The lowest BCUT2D eigenvalue weighted by Crippen LogP contribution is -2.17. The molecule has 1 heterocycles. The van der Waals surface area contributed by atoms with Crippen LogP contribution in [0.5, 0.6) is 5.75 Å². The van der Waals surface area contributed by atoms with Gasteiger partial charge in [-0.15, -0.1) is 0 Å². The molecule has 1 aromatic carbocycles. The van der Waals surface area contributed by atoms with Gasteiger partial charge in [0.25, 0.3) is 10.0 Å². The minimum absolute atomic E-state index is 0.0454. The van der Waals surface area contributed by atoms with Gasteiger partial charge in [-0.05, 0) is 38.3 Å². The van der Waals surface area contributed by atoms with E-state index in [1.165, 1.54) is 18.6 Å². The maximum Gasteiger partial charge on any atom is 0.266 e. The SMILES string of the molecule is Cc1nc(NS(=O)(=O)c2cc(Br)cc(Cl)c2O)cn1C1CCC1. The molecule has 0 amide bonds. The number of aromatic hydroxyl groups is 1. The predicted molar refractivity (Wildman–Crippen MR) is 91.5 cm³/mol. The van der Waals surface area contributed by atoms with E-state index in [1.54, 1.807) is 6.20 Å². The Bertz CT molecular complexity index is 862. The third-order valence-electron chi connectivity index (χ3n) is 3.91. The quantitative estimate of drug-likeness (QED) is 0.787. The Hall–Kier alpha value is -1.25. The van der Waals surface area contributed by atoms with Crippen LogP contribution in [-0.2, 0) is 10.0 Å². The number of nitrogens with one attached hydrogen (secondary N) is 1. The van der Waals surface area contributed by atoms with Crippen molar-refractivity contribution in [1.82, 2.24) is 9.55 Å². The summed E-state index contributed by atoms with van der Waals surface area (Å²) in [5, 5.41) is 9.89. The van der Waals surface area contributed by atoms with Crippen LogP contribution in [0.3, 0.4) is 0 Å². The van der Waals surface area contributed by atoms with Crippen molar-refractivity contribution >= 4 is 43.4 Å². The number of halogens is 2. The van der Waals surface area contributed by atoms with Crippen molar-refractivity contribution in [3.63, 3.8) is 0 Å². The Morgan fingerprint density at radius 1 is 1.43 bits per heavy atom. The summed E-state index contributed by atoms with van der Waals surface area (Å²) in [6.45, 7) is 1.84. The van der Waals surface area contributed by atoms with Crippen LogP contribution in [0.4, 0.5) is 5.82 Å². The van der Waals surface area contributed by atoms with Crippen LogP contribution in [0.1, 0.15) is 31.1 Å². The first-order valence-corrected chi connectivity index (χ1v) is 9.69. The lowest BCUT2D eigenvalue weighted by molar-refractivity contribution is 0.309. The van der Waals surface area contributed by atoms with Gasteiger partial charge in [0.15, 0.2) is 11.6 Å². The molecule has 6 nitrogen and oxygen atoms in total.